The number of nitrogens with zero attached hydrogens (tertiary/aromatic N) is 2. The van der Waals surface area contributed by atoms with Crippen molar-refractivity contribution in [1.82, 2.24) is 14.5 Å². The van der Waals surface area contributed by atoms with Gasteiger partial charge in [-0.05, 0) is 48.9 Å². The summed E-state index contributed by atoms with van der Waals surface area (Å²) in [6, 6.07) is 12.4. The molecule has 11 heteroatoms. The second-order valence-corrected chi connectivity index (χ2v) is 9.87. The maximum Gasteiger partial charge on any atom is 0.261 e. The SMILES string of the molecule is CNC(=O)[C@H](C)N(Cc1ccc(OC)cc1)C(=O)COc1ccc(S(=O)(=O)N2CCOCC2)cc1. The van der Waals surface area contributed by atoms with Crippen molar-refractivity contribution < 1.29 is 32.2 Å². The fraction of sp³-hybridized carbons (Fsp3) is 0.417. The first kappa shape index (κ1) is 26.5. The minimum absolute atomic E-state index is 0.146. The van der Waals surface area contributed by atoms with E-state index in [2.05, 4.69) is 5.32 Å². The van der Waals surface area contributed by atoms with Crippen molar-refractivity contribution in [2.24, 2.45) is 0 Å². The van der Waals surface area contributed by atoms with Crippen LogP contribution in [0.4, 0.5) is 0 Å². The smallest absolute Gasteiger partial charge is 0.261 e. The van der Waals surface area contributed by atoms with E-state index in [1.807, 2.05) is 12.1 Å². The second kappa shape index (κ2) is 12.0. The monoisotopic (exact) mass is 505 g/mol. The zero-order chi connectivity index (χ0) is 25.4. The molecule has 35 heavy (non-hydrogen) atoms. The van der Waals surface area contributed by atoms with E-state index in [1.54, 1.807) is 26.2 Å². The molecule has 0 bridgehead atoms. The first-order chi connectivity index (χ1) is 16.8. The van der Waals surface area contributed by atoms with Crippen LogP contribution in [-0.2, 0) is 30.9 Å². The summed E-state index contributed by atoms with van der Waals surface area (Å²) in [6.45, 7) is 2.88. The van der Waals surface area contributed by atoms with E-state index < -0.39 is 16.1 Å². The van der Waals surface area contributed by atoms with Gasteiger partial charge in [-0.15, -0.1) is 0 Å². The molecule has 10 nitrogen and oxygen atoms in total. The third-order valence-electron chi connectivity index (χ3n) is 5.72. The summed E-state index contributed by atoms with van der Waals surface area (Å²) >= 11 is 0. The van der Waals surface area contributed by atoms with Crippen LogP contribution >= 0.6 is 0 Å². The Morgan fingerprint density at radius 3 is 2.23 bits per heavy atom. The molecule has 0 aliphatic carbocycles. The summed E-state index contributed by atoms with van der Waals surface area (Å²) in [4.78, 5) is 26.8. The van der Waals surface area contributed by atoms with Gasteiger partial charge in [-0.3, -0.25) is 9.59 Å². The number of benzene rings is 2. The molecule has 0 saturated carbocycles. The Bertz CT molecular complexity index is 1100. The lowest BCUT2D eigenvalue weighted by atomic mass is 10.1. The lowest BCUT2D eigenvalue weighted by molar-refractivity contribution is -0.142. The normalized spacial score (nSPS) is 15.2. The molecule has 1 aliphatic heterocycles. The molecule has 0 unspecified atom stereocenters. The van der Waals surface area contributed by atoms with Crippen molar-refractivity contribution in [2.45, 2.75) is 24.4 Å². The van der Waals surface area contributed by atoms with Gasteiger partial charge in [0.2, 0.25) is 15.9 Å². The lowest BCUT2D eigenvalue weighted by Gasteiger charge is -2.28. The van der Waals surface area contributed by atoms with Crippen LogP contribution in [0.3, 0.4) is 0 Å². The van der Waals surface area contributed by atoms with Gasteiger partial charge in [-0.1, -0.05) is 12.1 Å². The lowest BCUT2D eigenvalue weighted by Crippen LogP contribution is -2.48. The fourth-order valence-electron chi connectivity index (χ4n) is 3.59. The molecule has 2 aromatic carbocycles. The topological polar surface area (TPSA) is 114 Å². The average molecular weight is 506 g/mol. The highest BCUT2D eigenvalue weighted by molar-refractivity contribution is 7.89. The summed E-state index contributed by atoms with van der Waals surface area (Å²) in [5.74, 6) is 0.344. The number of carbonyl (C=O) groups is 2. The summed E-state index contributed by atoms with van der Waals surface area (Å²) < 4.78 is 42.9. The number of hydrogen-bond acceptors (Lipinski definition) is 7. The fourth-order valence-corrected chi connectivity index (χ4v) is 5.00. The third kappa shape index (κ3) is 6.71. The third-order valence-corrected chi connectivity index (χ3v) is 7.63. The molecule has 1 heterocycles. The van der Waals surface area contributed by atoms with E-state index in [1.165, 1.54) is 40.5 Å². The molecular formula is C24H31N3O7S. The summed E-state index contributed by atoms with van der Waals surface area (Å²) in [5, 5.41) is 2.56. The van der Waals surface area contributed by atoms with Crippen LogP contribution in [0, 0.1) is 0 Å². The Kier molecular flexibility index (Phi) is 9.07. The Morgan fingerprint density at radius 1 is 1.06 bits per heavy atom. The highest BCUT2D eigenvalue weighted by Crippen LogP contribution is 2.21. The Morgan fingerprint density at radius 2 is 1.66 bits per heavy atom. The molecule has 1 saturated heterocycles. The average Bonchev–Trinajstić information content (AvgIpc) is 2.90. The van der Waals surface area contributed by atoms with Crippen LogP contribution in [0.1, 0.15) is 12.5 Å². The highest BCUT2D eigenvalue weighted by atomic mass is 32.2. The predicted molar refractivity (Wildman–Crippen MR) is 129 cm³/mol. The van der Waals surface area contributed by atoms with E-state index >= 15 is 0 Å². The largest absolute Gasteiger partial charge is 0.497 e. The van der Waals surface area contributed by atoms with Gasteiger partial charge in [0.1, 0.15) is 17.5 Å². The number of sulfonamides is 1. The number of methoxy groups -OCH3 is 1. The van der Waals surface area contributed by atoms with E-state index in [9.17, 15) is 18.0 Å². The summed E-state index contributed by atoms with van der Waals surface area (Å²) in [5.41, 5.74) is 0.826. The Labute approximate surface area is 205 Å². The zero-order valence-corrected chi connectivity index (χ0v) is 20.9. The van der Waals surface area contributed by atoms with Gasteiger partial charge >= 0.3 is 0 Å². The van der Waals surface area contributed by atoms with Gasteiger partial charge in [0.05, 0.1) is 25.2 Å². The van der Waals surface area contributed by atoms with Gasteiger partial charge in [-0.25, -0.2) is 8.42 Å². The van der Waals surface area contributed by atoms with Crippen LogP contribution in [0.15, 0.2) is 53.4 Å². The van der Waals surface area contributed by atoms with Crippen LogP contribution in [0.2, 0.25) is 0 Å². The number of morpholine rings is 1. The van der Waals surface area contributed by atoms with Crippen molar-refractivity contribution in [3.05, 3.63) is 54.1 Å². The Balaban J connectivity index is 1.67. The van der Waals surface area contributed by atoms with Crippen molar-refractivity contribution in [3.8, 4) is 11.5 Å². The number of rotatable bonds is 10. The zero-order valence-electron chi connectivity index (χ0n) is 20.1. The van der Waals surface area contributed by atoms with E-state index in [0.717, 1.165) is 5.56 Å². The minimum atomic E-state index is -3.62. The molecule has 3 rings (SSSR count). The summed E-state index contributed by atoms with van der Waals surface area (Å²) in [6.07, 6.45) is 0. The van der Waals surface area contributed by atoms with Crippen molar-refractivity contribution in [1.29, 1.82) is 0 Å². The first-order valence-electron chi connectivity index (χ1n) is 11.2. The first-order valence-corrected chi connectivity index (χ1v) is 12.6. The van der Waals surface area contributed by atoms with Crippen LogP contribution < -0.4 is 14.8 Å². The number of hydrogen-bond donors (Lipinski definition) is 1. The predicted octanol–water partition coefficient (Wildman–Crippen LogP) is 1.26. The molecular weight excluding hydrogens is 474 g/mol. The molecule has 0 aromatic heterocycles. The minimum Gasteiger partial charge on any atom is -0.497 e. The standard InChI is InChI=1S/C24H31N3O7S/c1-18(24(29)25-2)27(16-19-4-6-20(32-3)7-5-19)23(28)17-34-21-8-10-22(11-9-21)35(30,31)26-12-14-33-15-13-26/h4-11,18H,12-17H2,1-3H3,(H,25,29)/t18-/m0/s1. The molecule has 0 radical (unpaired) electrons. The van der Waals surface area contributed by atoms with Crippen LogP contribution in [0.5, 0.6) is 11.5 Å². The molecule has 1 fully saturated rings. The van der Waals surface area contributed by atoms with Crippen molar-refractivity contribution in [2.75, 3.05) is 47.1 Å². The molecule has 190 valence electrons. The maximum absolute atomic E-state index is 13.0. The van der Waals surface area contributed by atoms with Crippen molar-refractivity contribution in [3.63, 3.8) is 0 Å². The second-order valence-electron chi connectivity index (χ2n) is 7.94. The number of nitrogens with one attached hydrogen (secondary N) is 1. The van der Waals surface area contributed by atoms with Crippen LogP contribution in [-0.4, -0.2) is 82.5 Å². The number of amides is 2. The number of ether oxygens (including phenoxy) is 3. The quantitative estimate of drug-likeness (QED) is 0.517. The molecule has 1 aliphatic rings. The van der Waals surface area contributed by atoms with Gasteiger partial charge in [0, 0.05) is 26.7 Å². The van der Waals surface area contributed by atoms with E-state index in [4.69, 9.17) is 14.2 Å². The van der Waals surface area contributed by atoms with E-state index in [0.29, 0.717) is 37.8 Å². The van der Waals surface area contributed by atoms with Gasteiger partial charge in [-0.2, -0.15) is 4.31 Å². The van der Waals surface area contributed by atoms with Gasteiger partial charge in [0.15, 0.2) is 6.61 Å². The van der Waals surface area contributed by atoms with E-state index in [-0.39, 0.29) is 29.9 Å². The molecule has 1 N–H and O–H groups in total. The number of likely N-dealkylation sites (N-methyl/N-ethyl adjacent to an activating group) is 1. The number of carbonyl (C=O) groups excluding carboxylic acids is 2. The highest BCUT2D eigenvalue weighted by Gasteiger charge is 2.27. The van der Waals surface area contributed by atoms with Crippen LogP contribution in [0.25, 0.3) is 0 Å². The molecule has 2 amide bonds. The summed E-state index contributed by atoms with van der Waals surface area (Å²) in [7, 11) is -0.536. The molecule has 1 atom stereocenters. The van der Waals surface area contributed by atoms with Crippen molar-refractivity contribution >= 4 is 21.8 Å². The molecule has 0 spiro atoms. The van der Waals surface area contributed by atoms with Gasteiger partial charge < -0.3 is 24.4 Å². The van der Waals surface area contributed by atoms with Gasteiger partial charge in [0.25, 0.3) is 5.91 Å². The maximum atomic E-state index is 13.0. The molecule has 2 aromatic rings. The Hall–Kier alpha value is -3.15.